The standard InChI is InChI=1S/C23H16ClF4NO3/c1-13-21(14-10-15(23(26,27)28)12-17(25)11-14)29(22(30)31-13)18-4-8-20(9-5-18)32-19-6-2-16(24)3-7-19/h2-13,21H,1H3/t13-,21+/m0/s1. The van der Waals surface area contributed by atoms with Crippen LogP contribution in [0.2, 0.25) is 5.02 Å². The molecule has 1 fully saturated rings. The third kappa shape index (κ3) is 4.50. The number of carbonyl (C=O) groups excluding carboxylic acids is 1. The Morgan fingerprint density at radius 2 is 1.56 bits per heavy atom. The van der Waals surface area contributed by atoms with Crippen LogP contribution in [0.5, 0.6) is 11.5 Å². The zero-order valence-corrected chi connectivity index (χ0v) is 17.3. The molecule has 32 heavy (non-hydrogen) atoms. The average molecular weight is 466 g/mol. The maximum Gasteiger partial charge on any atom is 0.416 e. The molecule has 0 radical (unpaired) electrons. The van der Waals surface area contributed by atoms with Gasteiger partial charge >= 0.3 is 12.3 Å². The highest BCUT2D eigenvalue weighted by atomic mass is 35.5. The molecular weight excluding hydrogens is 450 g/mol. The summed E-state index contributed by atoms with van der Waals surface area (Å²) in [5.74, 6) is -0.0277. The lowest BCUT2D eigenvalue weighted by atomic mass is 9.98. The number of benzene rings is 3. The molecule has 1 heterocycles. The summed E-state index contributed by atoms with van der Waals surface area (Å²) in [6.45, 7) is 1.54. The lowest BCUT2D eigenvalue weighted by Crippen LogP contribution is -2.29. The molecule has 0 aliphatic carbocycles. The van der Waals surface area contributed by atoms with Crippen LogP contribution in [0, 0.1) is 5.82 Å². The number of anilines is 1. The van der Waals surface area contributed by atoms with Crippen molar-refractivity contribution in [3.05, 3.63) is 88.7 Å². The molecule has 9 heteroatoms. The number of hydrogen-bond donors (Lipinski definition) is 0. The molecule has 4 nitrogen and oxygen atoms in total. The largest absolute Gasteiger partial charge is 0.457 e. The number of amides is 1. The Kier molecular flexibility index (Phi) is 5.73. The van der Waals surface area contributed by atoms with Crippen molar-refractivity contribution in [2.24, 2.45) is 0 Å². The summed E-state index contributed by atoms with van der Waals surface area (Å²) >= 11 is 5.85. The van der Waals surface area contributed by atoms with Crippen LogP contribution in [0.15, 0.2) is 66.7 Å². The van der Waals surface area contributed by atoms with Crippen molar-refractivity contribution in [2.75, 3.05) is 4.90 Å². The monoisotopic (exact) mass is 465 g/mol. The van der Waals surface area contributed by atoms with E-state index >= 15 is 0 Å². The Morgan fingerprint density at radius 1 is 0.969 bits per heavy atom. The van der Waals surface area contributed by atoms with E-state index < -0.39 is 35.8 Å². The van der Waals surface area contributed by atoms with Crippen molar-refractivity contribution in [1.82, 2.24) is 0 Å². The highest BCUT2D eigenvalue weighted by molar-refractivity contribution is 6.30. The molecule has 1 aliphatic rings. The van der Waals surface area contributed by atoms with E-state index in [-0.39, 0.29) is 5.56 Å². The molecule has 0 aromatic heterocycles. The quantitative estimate of drug-likeness (QED) is 0.377. The van der Waals surface area contributed by atoms with Crippen molar-refractivity contribution in [2.45, 2.75) is 25.2 Å². The maximum absolute atomic E-state index is 14.0. The molecule has 166 valence electrons. The summed E-state index contributed by atoms with van der Waals surface area (Å²) in [5, 5.41) is 0.562. The van der Waals surface area contributed by atoms with Crippen LogP contribution in [0.1, 0.15) is 24.1 Å². The van der Waals surface area contributed by atoms with Crippen LogP contribution in [-0.4, -0.2) is 12.2 Å². The lowest BCUT2D eigenvalue weighted by Gasteiger charge is -2.25. The van der Waals surface area contributed by atoms with Gasteiger partial charge in [0.1, 0.15) is 29.5 Å². The number of rotatable bonds is 4. The van der Waals surface area contributed by atoms with Gasteiger partial charge in [0.05, 0.1) is 5.56 Å². The van der Waals surface area contributed by atoms with Gasteiger partial charge in [0.25, 0.3) is 0 Å². The third-order valence-electron chi connectivity index (χ3n) is 4.96. The summed E-state index contributed by atoms with van der Waals surface area (Å²) in [6, 6.07) is 14.3. The molecule has 0 N–H and O–H groups in total. The van der Waals surface area contributed by atoms with Crippen LogP contribution in [0.4, 0.5) is 28.0 Å². The minimum absolute atomic E-state index is 0.0165. The van der Waals surface area contributed by atoms with Gasteiger partial charge in [0, 0.05) is 10.7 Å². The van der Waals surface area contributed by atoms with Crippen LogP contribution < -0.4 is 9.64 Å². The highest BCUT2D eigenvalue weighted by Crippen LogP contribution is 2.40. The number of ether oxygens (including phenoxy) is 2. The Morgan fingerprint density at radius 3 is 2.16 bits per heavy atom. The van der Waals surface area contributed by atoms with E-state index in [0.717, 1.165) is 12.1 Å². The lowest BCUT2D eigenvalue weighted by molar-refractivity contribution is -0.137. The van der Waals surface area contributed by atoms with Gasteiger partial charge in [-0.1, -0.05) is 11.6 Å². The molecule has 0 unspecified atom stereocenters. The smallest absolute Gasteiger partial charge is 0.416 e. The van der Waals surface area contributed by atoms with Gasteiger partial charge in [-0.3, -0.25) is 4.90 Å². The van der Waals surface area contributed by atoms with E-state index in [1.807, 2.05) is 0 Å². The summed E-state index contributed by atoms with van der Waals surface area (Å²) in [5.41, 5.74) is -0.784. The average Bonchev–Trinajstić information content (AvgIpc) is 3.03. The van der Waals surface area contributed by atoms with Gasteiger partial charge in [-0.2, -0.15) is 13.2 Å². The first-order chi connectivity index (χ1) is 15.1. The Hall–Kier alpha value is -3.26. The second-order valence-electron chi connectivity index (χ2n) is 7.22. The number of halogens is 5. The van der Waals surface area contributed by atoms with Gasteiger partial charge in [0.15, 0.2) is 0 Å². The molecule has 2 atom stereocenters. The number of alkyl halides is 3. The first kappa shape index (κ1) is 22.0. The SMILES string of the molecule is C[C@@H]1OC(=O)N(c2ccc(Oc3ccc(Cl)cc3)cc2)[C@H]1c1cc(F)cc(C(F)(F)F)c1. The number of carbonyl (C=O) groups is 1. The highest BCUT2D eigenvalue weighted by Gasteiger charge is 2.42. The summed E-state index contributed by atoms with van der Waals surface area (Å²) in [7, 11) is 0. The van der Waals surface area contributed by atoms with E-state index in [2.05, 4.69) is 0 Å². The van der Waals surface area contributed by atoms with Crippen molar-refractivity contribution in [1.29, 1.82) is 0 Å². The molecule has 0 bridgehead atoms. The van der Waals surface area contributed by atoms with Crippen LogP contribution in [0.3, 0.4) is 0 Å². The van der Waals surface area contributed by atoms with E-state index in [1.165, 1.54) is 4.90 Å². The summed E-state index contributed by atoms with van der Waals surface area (Å²) < 4.78 is 64.5. The first-order valence-corrected chi connectivity index (χ1v) is 9.90. The molecule has 1 saturated heterocycles. The zero-order chi connectivity index (χ0) is 23.0. The molecule has 3 aromatic carbocycles. The predicted octanol–water partition coefficient (Wildman–Crippen LogP) is 7.38. The third-order valence-corrected chi connectivity index (χ3v) is 5.21. The number of hydrogen-bond acceptors (Lipinski definition) is 3. The Bertz CT molecular complexity index is 1130. The molecule has 1 aliphatic heterocycles. The van der Waals surface area contributed by atoms with Gasteiger partial charge in [0.2, 0.25) is 0 Å². The minimum atomic E-state index is -4.73. The summed E-state index contributed by atoms with van der Waals surface area (Å²) in [6.07, 6.45) is -6.27. The fraction of sp³-hybridized carbons (Fsp3) is 0.174. The zero-order valence-electron chi connectivity index (χ0n) is 16.6. The first-order valence-electron chi connectivity index (χ1n) is 9.53. The minimum Gasteiger partial charge on any atom is -0.457 e. The maximum atomic E-state index is 14.0. The van der Waals surface area contributed by atoms with Gasteiger partial charge in [-0.15, -0.1) is 0 Å². The van der Waals surface area contributed by atoms with E-state index in [0.29, 0.717) is 28.3 Å². The van der Waals surface area contributed by atoms with Crippen LogP contribution >= 0.6 is 11.6 Å². The van der Waals surface area contributed by atoms with Crippen LogP contribution in [0.25, 0.3) is 0 Å². The van der Waals surface area contributed by atoms with E-state index in [4.69, 9.17) is 21.1 Å². The molecule has 4 rings (SSSR count). The molecule has 3 aromatic rings. The van der Waals surface area contributed by atoms with Crippen molar-refractivity contribution in [3.8, 4) is 11.5 Å². The topological polar surface area (TPSA) is 38.8 Å². The Labute approximate surface area is 185 Å². The molecular formula is C23H16ClF4NO3. The number of nitrogens with zero attached hydrogens (tertiary/aromatic N) is 1. The van der Waals surface area contributed by atoms with Crippen molar-refractivity contribution >= 4 is 23.4 Å². The van der Waals surface area contributed by atoms with Crippen LogP contribution in [-0.2, 0) is 10.9 Å². The summed E-state index contributed by atoms with van der Waals surface area (Å²) in [4.78, 5) is 13.7. The predicted molar refractivity (Wildman–Crippen MR) is 111 cm³/mol. The fourth-order valence-corrected chi connectivity index (χ4v) is 3.68. The van der Waals surface area contributed by atoms with E-state index in [9.17, 15) is 22.4 Å². The second kappa shape index (κ2) is 8.35. The second-order valence-corrected chi connectivity index (χ2v) is 7.66. The van der Waals surface area contributed by atoms with Crippen molar-refractivity contribution < 1.29 is 31.8 Å². The molecule has 0 spiro atoms. The number of cyclic esters (lactones) is 1. The van der Waals surface area contributed by atoms with Gasteiger partial charge in [-0.25, -0.2) is 9.18 Å². The Balaban J connectivity index is 1.64. The normalized spacial score (nSPS) is 18.6. The fourth-order valence-electron chi connectivity index (χ4n) is 3.55. The van der Waals surface area contributed by atoms with E-state index in [1.54, 1.807) is 55.5 Å². The molecule has 1 amide bonds. The van der Waals surface area contributed by atoms with Gasteiger partial charge < -0.3 is 9.47 Å². The van der Waals surface area contributed by atoms with Gasteiger partial charge in [-0.05, 0) is 79.2 Å². The molecule has 0 saturated carbocycles. The van der Waals surface area contributed by atoms with Crippen molar-refractivity contribution in [3.63, 3.8) is 0 Å².